The number of aryl methyl sites for hydroxylation is 1. The standard InChI is InChI=1S/C12H18N2O3S/c1-10-3-4-11(14(16)17)9-12(10)13-5-8-18-7-2-6-15/h3-4,9,13,15H,2,5-8H2,1H3. The molecule has 2 N–H and O–H groups in total. The molecule has 0 aliphatic heterocycles. The second kappa shape index (κ2) is 7.94. The number of nitro groups is 1. The minimum absolute atomic E-state index is 0.107. The van der Waals surface area contributed by atoms with Gasteiger partial charge in [0.15, 0.2) is 0 Å². The quantitative estimate of drug-likeness (QED) is 0.431. The lowest BCUT2D eigenvalue weighted by atomic mass is 10.2. The van der Waals surface area contributed by atoms with Crippen LogP contribution in [0.3, 0.4) is 0 Å². The molecule has 18 heavy (non-hydrogen) atoms. The molecule has 5 nitrogen and oxygen atoms in total. The number of thioether (sulfide) groups is 1. The lowest BCUT2D eigenvalue weighted by Crippen LogP contribution is -2.06. The number of benzene rings is 1. The van der Waals surface area contributed by atoms with Gasteiger partial charge in [0.1, 0.15) is 0 Å². The van der Waals surface area contributed by atoms with E-state index in [9.17, 15) is 10.1 Å². The first-order chi connectivity index (χ1) is 8.65. The summed E-state index contributed by atoms with van der Waals surface area (Å²) in [6.07, 6.45) is 0.806. The second-order valence-corrected chi connectivity index (χ2v) is 5.10. The fraction of sp³-hybridized carbons (Fsp3) is 0.500. The molecule has 100 valence electrons. The Balaban J connectivity index is 2.41. The van der Waals surface area contributed by atoms with Crippen LogP contribution in [0.4, 0.5) is 11.4 Å². The van der Waals surface area contributed by atoms with Gasteiger partial charge >= 0.3 is 0 Å². The maximum absolute atomic E-state index is 10.7. The van der Waals surface area contributed by atoms with Crippen molar-refractivity contribution in [2.45, 2.75) is 13.3 Å². The molecular formula is C12H18N2O3S. The fourth-order valence-corrected chi connectivity index (χ4v) is 2.22. The zero-order valence-corrected chi connectivity index (χ0v) is 11.2. The Kier molecular flexibility index (Phi) is 6.53. The van der Waals surface area contributed by atoms with Crippen molar-refractivity contribution in [3.05, 3.63) is 33.9 Å². The summed E-state index contributed by atoms with van der Waals surface area (Å²) in [5.41, 5.74) is 1.92. The van der Waals surface area contributed by atoms with Gasteiger partial charge in [-0.2, -0.15) is 11.8 Å². The Hall–Kier alpha value is -1.27. The Bertz CT molecular complexity index is 399. The summed E-state index contributed by atoms with van der Waals surface area (Å²) in [6.45, 7) is 2.91. The molecule has 0 spiro atoms. The topological polar surface area (TPSA) is 75.4 Å². The molecule has 0 bridgehead atoms. The van der Waals surface area contributed by atoms with Crippen molar-refractivity contribution in [2.24, 2.45) is 0 Å². The third-order valence-corrected chi connectivity index (χ3v) is 3.51. The second-order valence-electron chi connectivity index (χ2n) is 3.87. The highest BCUT2D eigenvalue weighted by molar-refractivity contribution is 7.99. The summed E-state index contributed by atoms with van der Waals surface area (Å²) in [6, 6.07) is 4.82. The number of anilines is 1. The normalized spacial score (nSPS) is 10.3. The molecule has 0 saturated heterocycles. The molecule has 0 aliphatic carbocycles. The monoisotopic (exact) mass is 270 g/mol. The molecule has 1 aromatic rings. The Morgan fingerprint density at radius 1 is 1.44 bits per heavy atom. The van der Waals surface area contributed by atoms with E-state index in [1.807, 2.05) is 6.92 Å². The van der Waals surface area contributed by atoms with Crippen molar-refractivity contribution in [1.82, 2.24) is 0 Å². The Morgan fingerprint density at radius 2 is 2.22 bits per heavy atom. The molecule has 0 fully saturated rings. The first-order valence-electron chi connectivity index (χ1n) is 5.82. The molecule has 0 unspecified atom stereocenters. The minimum Gasteiger partial charge on any atom is -0.396 e. The van der Waals surface area contributed by atoms with E-state index in [-0.39, 0.29) is 17.2 Å². The zero-order chi connectivity index (χ0) is 13.4. The van der Waals surface area contributed by atoms with Crippen molar-refractivity contribution >= 4 is 23.1 Å². The number of aliphatic hydroxyl groups is 1. The third kappa shape index (κ3) is 4.93. The van der Waals surface area contributed by atoms with Crippen LogP contribution in [0.5, 0.6) is 0 Å². The number of non-ortho nitro benzene ring substituents is 1. The molecule has 1 rings (SSSR count). The van der Waals surface area contributed by atoms with Crippen LogP contribution in [-0.2, 0) is 0 Å². The first-order valence-corrected chi connectivity index (χ1v) is 6.98. The predicted octanol–water partition coefficient (Wildman–Crippen LogP) is 2.43. The highest BCUT2D eigenvalue weighted by Gasteiger charge is 2.07. The number of hydrogen-bond acceptors (Lipinski definition) is 5. The van der Waals surface area contributed by atoms with Gasteiger partial charge in [-0.25, -0.2) is 0 Å². The van der Waals surface area contributed by atoms with Crippen molar-refractivity contribution in [3.8, 4) is 0 Å². The summed E-state index contributed by atoms with van der Waals surface area (Å²) in [5.74, 6) is 1.86. The van der Waals surface area contributed by atoms with Crippen LogP contribution >= 0.6 is 11.8 Å². The van der Waals surface area contributed by atoms with Gasteiger partial charge in [0.05, 0.1) is 4.92 Å². The molecule has 0 amide bonds. The van der Waals surface area contributed by atoms with Crippen molar-refractivity contribution in [3.63, 3.8) is 0 Å². The van der Waals surface area contributed by atoms with Crippen molar-refractivity contribution in [1.29, 1.82) is 0 Å². The number of aliphatic hydroxyl groups excluding tert-OH is 1. The highest BCUT2D eigenvalue weighted by Crippen LogP contribution is 2.21. The van der Waals surface area contributed by atoms with E-state index >= 15 is 0 Å². The van der Waals surface area contributed by atoms with Crippen LogP contribution < -0.4 is 5.32 Å². The third-order valence-electron chi connectivity index (χ3n) is 2.44. The van der Waals surface area contributed by atoms with Crippen LogP contribution in [-0.4, -0.2) is 34.7 Å². The van der Waals surface area contributed by atoms with Gasteiger partial charge < -0.3 is 10.4 Å². The van der Waals surface area contributed by atoms with Crippen LogP contribution in [0.25, 0.3) is 0 Å². The Morgan fingerprint density at radius 3 is 2.89 bits per heavy atom. The predicted molar refractivity (Wildman–Crippen MR) is 75.4 cm³/mol. The number of nitro benzene ring substituents is 1. The van der Waals surface area contributed by atoms with E-state index in [1.54, 1.807) is 23.9 Å². The number of nitrogens with zero attached hydrogens (tertiary/aromatic N) is 1. The molecule has 0 aliphatic rings. The van der Waals surface area contributed by atoms with E-state index in [4.69, 9.17) is 5.11 Å². The van der Waals surface area contributed by atoms with E-state index in [0.29, 0.717) is 0 Å². The van der Waals surface area contributed by atoms with E-state index in [1.165, 1.54) is 6.07 Å². The van der Waals surface area contributed by atoms with Crippen LogP contribution in [0.1, 0.15) is 12.0 Å². The van der Waals surface area contributed by atoms with Gasteiger partial charge in [-0.3, -0.25) is 10.1 Å². The van der Waals surface area contributed by atoms with Crippen LogP contribution in [0.2, 0.25) is 0 Å². The Labute approximate surface area is 111 Å². The van der Waals surface area contributed by atoms with Crippen LogP contribution in [0.15, 0.2) is 18.2 Å². The van der Waals surface area contributed by atoms with Gasteiger partial charge in [-0.1, -0.05) is 6.07 Å². The zero-order valence-electron chi connectivity index (χ0n) is 10.4. The summed E-state index contributed by atoms with van der Waals surface area (Å²) in [5, 5.41) is 22.5. The van der Waals surface area contributed by atoms with E-state index in [2.05, 4.69) is 5.32 Å². The van der Waals surface area contributed by atoms with Crippen molar-refractivity contribution in [2.75, 3.05) is 30.0 Å². The van der Waals surface area contributed by atoms with Gasteiger partial charge in [-0.15, -0.1) is 0 Å². The molecule has 0 aromatic heterocycles. The minimum atomic E-state index is -0.388. The summed E-state index contributed by atoms with van der Waals surface area (Å²) in [7, 11) is 0. The fourth-order valence-electron chi connectivity index (χ4n) is 1.44. The molecule has 1 aromatic carbocycles. The number of rotatable bonds is 8. The maximum Gasteiger partial charge on any atom is 0.271 e. The highest BCUT2D eigenvalue weighted by atomic mass is 32.2. The van der Waals surface area contributed by atoms with Gasteiger partial charge in [0.25, 0.3) is 5.69 Å². The van der Waals surface area contributed by atoms with E-state index < -0.39 is 0 Å². The lowest BCUT2D eigenvalue weighted by Gasteiger charge is -2.09. The number of hydrogen-bond donors (Lipinski definition) is 2. The average molecular weight is 270 g/mol. The molecular weight excluding hydrogens is 252 g/mol. The first kappa shape index (κ1) is 14.8. The summed E-state index contributed by atoms with van der Waals surface area (Å²) >= 11 is 1.76. The molecule has 0 heterocycles. The average Bonchev–Trinajstić information content (AvgIpc) is 2.35. The molecule has 0 saturated carbocycles. The van der Waals surface area contributed by atoms with Gasteiger partial charge in [0, 0.05) is 36.7 Å². The van der Waals surface area contributed by atoms with Gasteiger partial charge in [-0.05, 0) is 24.7 Å². The summed E-state index contributed by atoms with van der Waals surface area (Å²) in [4.78, 5) is 10.3. The van der Waals surface area contributed by atoms with Gasteiger partial charge in [0.2, 0.25) is 0 Å². The summed E-state index contributed by atoms with van der Waals surface area (Å²) < 4.78 is 0. The lowest BCUT2D eigenvalue weighted by molar-refractivity contribution is -0.384. The molecule has 6 heteroatoms. The SMILES string of the molecule is Cc1ccc([N+](=O)[O-])cc1NCCSCCCO. The molecule has 0 atom stereocenters. The smallest absolute Gasteiger partial charge is 0.271 e. The largest absolute Gasteiger partial charge is 0.396 e. The maximum atomic E-state index is 10.7. The van der Waals surface area contributed by atoms with Crippen LogP contribution in [0, 0.1) is 17.0 Å². The molecule has 0 radical (unpaired) electrons. The van der Waals surface area contributed by atoms with Crippen molar-refractivity contribution < 1.29 is 10.0 Å². The number of nitrogens with one attached hydrogen (secondary N) is 1. The van der Waals surface area contributed by atoms with E-state index in [0.717, 1.165) is 35.7 Å².